The maximum absolute atomic E-state index is 10.6. The Morgan fingerprint density at radius 3 is 3.08 bits per heavy atom. The lowest BCUT2D eigenvalue weighted by Gasteiger charge is -2.11. The topological polar surface area (TPSA) is 49.3 Å². The highest BCUT2D eigenvalue weighted by atomic mass is 32.2. The minimum absolute atomic E-state index is 0.317. The minimum atomic E-state index is -0.894. The first-order valence-electron chi connectivity index (χ1n) is 3.73. The zero-order valence-corrected chi connectivity index (χ0v) is 7.47. The SMILES string of the molecule is O=C(O)c1ccc2c(c1)C=CSN2. The number of benzene rings is 1. The molecule has 0 saturated carbocycles. The molecule has 0 aliphatic carbocycles. The highest BCUT2D eigenvalue weighted by molar-refractivity contribution is 8.03. The van der Waals surface area contributed by atoms with E-state index >= 15 is 0 Å². The number of hydrogen-bond donors (Lipinski definition) is 2. The standard InChI is InChI=1S/C9H7NO2S/c11-9(12)7-1-2-8-6(5-7)3-4-13-10-8/h1-5,10H,(H,11,12). The number of carboxylic acid groups (broad SMARTS) is 1. The summed E-state index contributed by atoms with van der Waals surface area (Å²) in [6, 6.07) is 5.02. The van der Waals surface area contributed by atoms with Crippen LogP contribution in [0.25, 0.3) is 6.08 Å². The highest BCUT2D eigenvalue weighted by Crippen LogP contribution is 2.27. The number of hydrogen-bond acceptors (Lipinski definition) is 3. The van der Waals surface area contributed by atoms with Crippen LogP contribution in [0.5, 0.6) is 0 Å². The van der Waals surface area contributed by atoms with Gasteiger partial charge in [0.25, 0.3) is 0 Å². The van der Waals surface area contributed by atoms with Crippen LogP contribution in [0.2, 0.25) is 0 Å². The van der Waals surface area contributed by atoms with E-state index in [1.807, 2.05) is 11.5 Å². The summed E-state index contributed by atoms with van der Waals surface area (Å²) in [6.45, 7) is 0. The van der Waals surface area contributed by atoms with Gasteiger partial charge in [0, 0.05) is 0 Å². The van der Waals surface area contributed by atoms with Crippen LogP contribution >= 0.6 is 11.9 Å². The number of fused-ring (bicyclic) bond motifs is 1. The molecule has 1 aliphatic rings. The Morgan fingerprint density at radius 2 is 2.31 bits per heavy atom. The number of rotatable bonds is 1. The van der Waals surface area contributed by atoms with Crippen LogP contribution in [0.1, 0.15) is 15.9 Å². The first-order chi connectivity index (χ1) is 6.27. The number of aromatic carboxylic acids is 1. The van der Waals surface area contributed by atoms with E-state index in [0.29, 0.717) is 5.56 Å². The summed E-state index contributed by atoms with van der Waals surface area (Å²) in [6.07, 6.45) is 1.89. The molecule has 0 atom stereocenters. The van der Waals surface area contributed by atoms with Crippen LogP contribution in [-0.2, 0) is 0 Å². The van der Waals surface area contributed by atoms with Gasteiger partial charge in [0.15, 0.2) is 0 Å². The fraction of sp³-hybridized carbons (Fsp3) is 0. The third kappa shape index (κ3) is 1.53. The van der Waals surface area contributed by atoms with Gasteiger partial charge in [-0.25, -0.2) is 4.79 Å². The summed E-state index contributed by atoms with van der Waals surface area (Å²) in [7, 11) is 0. The Kier molecular flexibility index (Phi) is 1.98. The van der Waals surface area contributed by atoms with Crippen molar-refractivity contribution in [3.63, 3.8) is 0 Å². The Labute approximate surface area is 79.6 Å². The number of nitrogens with one attached hydrogen (secondary N) is 1. The predicted octanol–water partition coefficient (Wildman–Crippen LogP) is 2.43. The molecule has 1 aromatic rings. The summed E-state index contributed by atoms with van der Waals surface area (Å²) in [5.41, 5.74) is 2.19. The van der Waals surface area contributed by atoms with Crippen molar-refractivity contribution in [1.82, 2.24) is 0 Å². The fourth-order valence-electron chi connectivity index (χ4n) is 1.13. The molecular weight excluding hydrogens is 186 g/mol. The molecule has 2 rings (SSSR count). The zero-order chi connectivity index (χ0) is 9.26. The highest BCUT2D eigenvalue weighted by Gasteiger charge is 2.08. The molecule has 0 amide bonds. The van der Waals surface area contributed by atoms with Crippen molar-refractivity contribution in [3.05, 3.63) is 34.7 Å². The third-order valence-corrected chi connectivity index (χ3v) is 2.39. The molecule has 0 fully saturated rings. The van der Waals surface area contributed by atoms with Crippen LogP contribution < -0.4 is 4.72 Å². The maximum Gasteiger partial charge on any atom is 0.335 e. The molecule has 4 heteroatoms. The average molecular weight is 193 g/mol. The molecule has 0 radical (unpaired) electrons. The van der Waals surface area contributed by atoms with Crippen LogP contribution in [0.3, 0.4) is 0 Å². The van der Waals surface area contributed by atoms with Crippen molar-refractivity contribution in [1.29, 1.82) is 0 Å². The van der Waals surface area contributed by atoms with E-state index in [0.717, 1.165) is 11.3 Å². The van der Waals surface area contributed by atoms with Gasteiger partial charge < -0.3 is 9.83 Å². The molecule has 1 aromatic carbocycles. The van der Waals surface area contributed by atoms with Gasteiger partial charge >= 0.3 is 5.97 Å². The van der Waals surface area contributed by atoms with Crippen LogP contribution in [-0.4, -0.2) is 11.1 Å². The van der Waals surface area contributed by atoms with Crippen molar-refractivity contribution in [2.24, 2.45) is 0 Å². The van der Waals surface area contributed by atoms with Gasteiger partial charge in [-0.1, -0.05) is 0 Å². The normalized spacial score (nSPS) is 13.2. The van der Waals surface area contributed by atoms with Crippen LogP contribution in [0, 0.1) is 0 Å². The summed E-state index contributed by atoms with van der Waals surface area (Å²) in [4.78, 5) is 10.6. The minimum Gasteiger partial charge on any atom is -0.478 e. The fourth-order valence-corrected chi connectivity index (χ4v) is 1.73. The molecule has 66 valence electrons. The maximum atomic E-state index is 10.6. The summed E-state index contributed by atoms with van der Waals surface area (Å²) in [5.74, 6) is -0.894. The summed E-state index contributed by atoms with van der Waals surface area (Å²) in [5, 5.41) is 10.6. The molecule has 13 heavy (non-hydrogen) atoms. The van der Waals surface area contributed by atoms with Crippen molar-refractivity contribution >= 4 is 29.7 Å². The monoisotopic (exact) mass is 193 g/mol. The smallest absolute Gasteiger partial charge is 0.335 e. The number of carbonyl (C=O) groups is 1. The lowest BCUT2D eigenvalue weighted by atomic mass is 10.1. The first kappa shape index (κ1) is 8.19. The molecular formula is C9H7NO2S. The van der Waals surface area contributed by atoms with Gasteiger partial charge in [-0.15, -0.1) is 0 Å². The Morgan fingerprint density at radius 1 is 1.46 bits per heavy atom. The van der Waals surface area contributed by atoms with E-state index < -0.39 is 5.97 Å². The van der Waals surface area contributed by atoms with Crippen molar-refractivity contribution in [2.75, 3.05) is 4.72 Å². The molecule has 0 unspecified atom stereocenters. The Bertz CT molecular complexity index is 387. The van der Waals surface area contributed by atoms with Crippen molar-refractivity contribution in [3.8, 4) is 0 Å². The molecule has 3 nitrogen and oxygen atoms in total. The Balaban J connectivity index is 2.48. The lowest BCUT2D eigenvalue weighted by molar-refractivity contribution is 0.0697. The summed E-state index contributed by atoms with van der Waals surface area (Å²) < 4.78 is 3.07. The van der Waals surface area contributed by atoms with Crippen LogP contribution in [0.4, 0.5) is 5.69 Å². The van der Waals surface area contributed by atoms with Gasteiger partial charge in [-0.05, 0) is 47.2 Å². The largest absolute Gasteiger partial charge is 0.478 e. The quantitative estimate of drug-likeness (QED) is 0.672. The van der Waals surface area contributed by atoms with E-state index in [9.17, 15) is 4.79 Å². The molecule has 0 saturated heterocycles. The van der Waals surface area contributed by atoms with Gasteiger partial charge in [0.05, 0.1) is 11.3 Å². The second-order valence-corrected chi connectivity index (χ2v) is 3.34. The molecule has 1 heterocycles. The van der Waals surface area contributed by atoms with Gasteiger partial charge in [0.1, 0.15) is 0 Å². The van der Waals surface area contributed by atoms with E-state index in [4.69, 9.17) is 5.11 Å². The second-order valence-electron chi connectivity index (χ2n) is 2.63. The summed E-state index contributed by atoms with van der Waals surface area (Å²) >= 11 is 1.47. The van der Waals surface area contributed by atoms with Gasteiger partial charge in [-0.2, -0.15) is 0 Å². The molecule has 2 N–H and O–H groups in total. The predicted molar refractivity (Wildman–Crippen MR) is 53.6 cm³/mol. The van der Waals surface area contributed by atoms with Crippen molar-refractivity contribution in [2.45, 2.75) is 0 Å². The Hall–Kier alpha value is -1.42. The van der Waals surface area contributed by atoms with E-state index in [1.54, 1.807) is 18.2 Å². The molecule has 1 aliphatic heterocycles. The van der Waals surface area contributed by atoms with E-state index in [2.05, 4.69) is 4.72 Å². The zero-order valence-electron chi connectivity index (χ0n) is 6.65. The molecule has 0 aromatic heterocycles. The molecule has 0 spiro atoms. The second kappa shape index (κ2) is 3.14. The van der Waals surface area contributed by atoms with E-state index in [1.165, 1.54) is 11.9 Å². The number of anilines is 1. The average Bonchev–Trinajstić information content (AvgIpc) is 2.17. The van der Waals surface area contributed by atoms with Gasteiger partial charge in [-0.3, -0.25) is 0 Å². The number of carboxylic acids is 1. The third-order valence-electron chi connectivity index (χ3n) is 1.78. The first-order valence-corrected chi connectivity index (χ1v) is 4.61. The van der Waals surface area contributed by atoms with Crippen LogP contribution in [0.15, 0.2) is 23.6 Å². The molecule has 0 bridgehead atoms. The van der Waals surface area contributed by atoms with E-state index in [-0.39, 0.29) is 0 Å². The lowest BCUT2D eigenvalue weighted by Crippen LogP contribution is -1.99. The van der Waals surface area contributed by atoms with Crippen molar-refractivity contribution < 1.29 is 9.90 Å². The van der Waals surface area contributed by atoms with Gasteiger partial charge in [0.2, 0.25) is 0 Å².